The highest BCUT2D eigenvalue weighted by Gasteiger charge is 1.99. The Morgan fingerprint density at radius 3 is 2.67 bits per heavy atom. The monoisotopic (exact) mass is 166 g/mol. The van der Waals surface area contributed by atoms with Crippen LogP contribution in [0.2, 0.25) is 0 Å². The Morgan fingerprint density at radius 1 is 1.42 bits per heavy atom. The SMILES string of the molecule is CN(N)CCc1ccccc1O. The van der Waals surface area contributed by atoms with Gasteiger partial charge in [-0.3, -0.25) is 5.84 Å². The van der Waals surface area contributed by atoms with Gasteiger partial charge in [-0.05, 0) is 18.1 Å². The molecule has 0 radical (unpaired) electrons. The van der Waals surface area contributed by atoms with E-state index in [4.69, 9.17) is 5.84 Å². The smallest absolute Gasteiger partial charge is 0.118 e. The predicted molar refractivity (Wildman–Crippen MR) is 48.6 cm³/mol. The lowest BCUT2D eigenvalue weighted by Crippen LogP contribution is -2.28. The lowest BCUT2D eigenvalue weighted by atomic mass is 10.1. The summed E-state index contributed by atoms with van der Waals surface area (Å²) in [6, 6.07) is 7.31. The number of rotatable bonds is 3. The van der Waals surface area contributed by atoms with Gasteiger partial charge in [0.05, 0.1) is 0 Å². The van der Waals surface area contributed by atoms with Crippen molar-refractivity contribution >= 4 is 0 Å². The van der Waals surface area contributed by atoms with E-state index in [2.05, 4.69) is 0 Å². The third-order valence-electron chi connectivity index (χ3n) is 1.73. The molecule has 0 aliphatic rings. The second-order valence-corrected chi connectivity index (χ2v) is 2.86. The molecule has 3 N–H and O–H groups in total. The van der Waals surface area contributed by atoms with Crippen LogP contribution in [0.4, 0.5) is 0 Å². The molecule has 0 aliphatic heterocycles. The van der Waals surface area contributed by atoms with Gasteiger partial charge in [0.1, 0.15) is 5.75 Å². The number of aromatic hydroxyl groups is 1. The Balaban J connectivity index is 2.57. The van der Waals surface area contributed by atoms with E-state index in [1.54, 1.807) is 18.1 Å². The van der Waals surface area contributed by atoms with Gasteiger partial charge < -0.3 is 5.11 Å². The van der Waals surface area contributed by atoms with Gasteiger partial charge in [-0.15, -0.1) is 0 Å². The van der Waals surface area contributed by atoms with E-state index >= 15 is 0 Å². The number of benzene rings is 1. The van der Waals surface area contributed by atoms with E-state index in [9.17, 15) is 5.11 Å². The summed E-state index contributed by atoms with van der Waals surface area (Å²) in [5.41, 5.74) is 0.940. The summed E-state index contributed by atoms with van der Waals surface area (Å²) in [5, 5.41) is 11.0. The number of para-hydroxylation sites is 1. The average Bonchev–Trinajstić information content (AvgIpc) is 2.03. The first kappa shape index (κ1) is 9.03. The van der Waals surface area contributed by atoms with Crippen LogP contribution in [-0.2, 0) is 6.42 Å². The van der Waals surface area contributed by atoms with E-state index in [1.165, 1.54) is 0 Å². The highest BCUT2D eigenvalue weighted by Crippen LogP contribution is 2.15. The predicted octanol–water partition coefficient (Wildman–Crippen LogP) is 0.740. The summed E-state index contributed by atoms with van der Waals surface area (Å²) in [6.45, 7) is 0.748. The topological polar surface area (TPSA) is 49.5 Å². The first-order valence-corrected chi connectivity index (χ1v) is 3.93. The van der Waals surface area contributed by atoms with Crippen molar-refractivity contribution in [1.82, 2.24) is 5.01 Å². The summed E-state index contributed by atoms with van der Waals surface area (Å²) in [7, 11) is 1.81. The molecule has 0 heterocycles. The summed E-state index contributed by atoms with van der Waals surface area (Å²) in [6.07, 6.45) is 0.777. The van der Waals surface area contributed by atoms with Crippen molar-refractivity contribution in [1.29, 1.82) is 0 Å². The summed E-state index contributed by atoms with van der Waals surface area (Å²) in [4.78, 5) is 0. The molecule has 66 valence electrons. The van der Waals surface area contributed by atoms with E-state index in [0.717, 1.165) is 18.5 Å². The minimum absolute atomic E-state index is 0.347. The largest absolute Gasteiger partial charge is 0.508 e. The summed E-state index contributed by atoms with van der Waals surface area (Å²) >= 11 is 0. The molecule has 0 atom stereocenters. The van der Waals surface area contributed by atoms with Gasteiger partial charge >= 0.3 is 0 Å². The maximum absolute atomic E-state index is 9.36. The minimum atomic E-state index is 0.347. The number of nitrogens with zero attached hydrogens (tertiary/aromatic N) is 1. The zero-order valence-corrected chi connectivity index (χ0v) is 7.20. The molecule has 1 rings (SSSR count). The van der Waals surface area contributed by atoms with Gasteiger partial charge in [-0.25, -0.2) is 5.01 Å². The second kappa shape index (κ2) is 4.09. The fraction of sp³-hybridized carbons (Fsp3) is 0.333. The highest BCUT2D eigenvalue weighted by atomic mass is 16.3. The van der Waals surface area contributed by atoms with Crippen molar-refractivity contribution < 1.29 is 5.11 Å². The fourth-order valence-electron chi connectivity index (χ4n) is 1.02. The molecule has 1 aromatic carbocycles. The van der Waals surface area contributed by atoms with E-state index < -0.39 is 0 Å². The Labute approximate surface area is 72.4 Å². The second-order valence-electron chi connectivity index (χ2n) is 2.86. The van der Waals surface area contributed by atoms with Gasteiger partial charge in [0, 0.05) is 13.6 Å². The highest BCUT2D eigenvalue weighted by molar-refractivity contribution is 5.31. The molecule has 0 saturated heterocycles. The van der Waals surface area contributed by atoms with Crippen molar-refractivity contribution in [2.75, 3.05) is 13.6 Å². The average molecular weight is 166 g/mol. The molecule has 1 aromatic rings. The maximum Gasteiger partial charge on any atom is 0.118 e. The van der Waals surface area contributed by atoms with Gasteiger partial charge in [0.15, 0.2) is 0 Å². The van der Waals surface area contributed by atoms with Crippen LogP contribution in [0.15, 0.2) is 24.3 Å². The van der Waals surface area contributed by atoms with Crippen LogP contribution in [-0.4, -0.2) is 23.7 Å². The van der Waals surface area contributed by atoms with Crippen molar-refractivity contribution in [2.24, 2.45) is 5.84 Å². The van der Waals surface area contributed by atoms with E-state index in [1.807, 2.05) is 18.2 Å². The molecule has 0 aliphatic carbocycles. The molecule has 0 bridgehead atoms. The molecule has 0 unspecified atom stereocenters. The van der Waals surface area contributed by atoms with Crippen LogP contribution in [0.3, 0.4) is 0 Å². The lowest BCUT2D eigenvalue weighted by molar-refractivity contribution is 0.351. The molecule has 0 amide bonds. The fourth-order valence-corrected chi connectivity index (χ4v) is 1.02. The van der Waals surface area contributed by atoms with Crippen molar-refractivity contribution in [3.8, 4) is 5.75 Å². The molecule has 0 saturated carbocycles. The standard InChI is InChI=1S/C9H14N2O/c1-11(10)7-6-8-4-2-3-5-9(8)12/h2-5,12H,6-7,10H2,1H3. The number of hydrogen-bond donors (Lipinski definition) is 2. The van der Waals surface area contributed by atoms with Crippen LogP contribution >= 0.6 is 0 Å². The maximum atomic E-state index is 9.36. The zero-order valence-electron chi connectivity index (χ0n) is 7.20. The molecule has 0 aromatic heterocycles. The normalized spacial score (nSPS) is 10.6. The summed E-state index contributed by atoms with van der Waals surface area (Å²) < 4.78 is 0. The summed E-state index contributed by atoms with van der Waals surface area (Å²) in [5.74, 6) is 5.79. The molecule has 0 fully saturated rings. The number of hydrazine groups is 1. The number of likely N-dealkylation sites (N-methyl/N-ethyl adjacent to an activating group) is 1. The van der Waals surface area contributed by atoms with Crippen LogP contribution in [0.5, 0.6) is 5.75 Å². The Hall–Kier alpha value is -1.06. The van der Waals surface area contributed by atoms with Gasteiger partial charge in [0.2, 0.25) is 0 Å². The number of phenols is 1. The minimum Gasteiger partial charge on any atom is -0.508 e. The number of phenolic OH excluding ortho intramolecular Hbond substituents is 1. The van der Waals surface area contributed by atoms with Crippen LogP contribution in [0, 0.1) is 0 Å². The molecule has 12 heavy (non-hydrogen) atoms. The Morgan fingerprint density at radius 2 is 2.08 bits per heavy atom. The Kier molecular flexibility index (Phi) is 3.08. The van der Waals surface area contributed by atoms with E-state index in [-0.39, 0.29) is 0 Å². The first-order valence-electron chi connectivity index (χ1n) is 3.93. The van der Waals surface area contributed by atoms with Gasteiger partial charge in [0.25, 0.3) is 0 Å². The molecule has 3 heteroatoms. The quantitative estimate of drug-likeness (QED) is 0.514. The number of hydrogen-bond acceptors (Lipinski definition) is 3. The van der Waals surface area contributed by atoms with Crippen LogP contribution < -0.4 is 5.84 Å². The third kappa shape index (κ3) is 2.53. The lowest BCUT2D eigenvalue weighted by Gasteiger charge is -2.09. The Bertz CT molecular complexity index is 248. The molecule has 0 spiro atoms. The van der Waals surface area contributed by atoms with Crippen molar-refractivity contribution in [3.63, 3.8) is 0 Å². The first-order chi connectivity index (χ1) is 5.70. The van der Waals surface area contributed by atoms with Gasteiger partial charge in [-0.2, -0.15) is 0 Å². The van der Waals surface area contributed by atoms with Crippen LogP contribution in [0.1, 0.15) is 5.56 Å². The molecule has 3 nitrogen and oxygen atoms in total. The van der Waals surface area contributed by atoms with Gasteiger partial charge in [-0.1, -0.05) is 18.2 Å². The number of nitrogens with two attached hydrogens (primary N) is 1. The van der Waals surface area contributed by atoms with Crippen molar-refractivity contribution in [3.05, 3.63) is 29.8 Å². The zero-order chi connectivity index (χ0) is 8.97. The van der Waals surface area contributed by atoms with E-state index in [0.29, 0.717) is 5.75 Å². The van der Waals surface area contributed by atoms with Crippen molar-refractivity contribution in [2.45, 2.75) is 6.42 Å². The van der Waals surface area contributed by atoms with Crippen LogP contribution in [0.25, 0.3) is 0 Å². The molecular weight excluding hydrogens is 152 g/mol. The third-order valence-corrected chi connectivity index (χ3v) is 1.73. The molecular formula is C9H14N2O.